The molecule has 0 aromatic carbocycles. The maximum atomic E-state index is 5.86. The molecule has 1 heteroatoms. The molecule has 0 N–H and O–H groups in total. The van der Waals surface area contributed by atoms with Gasteiger partial charge in [-0.05, 0) is 18.3 Å². The molecule has 3 fully saturated rings. The highest BCUT2D eigenvalue weighted by Gasteiger charge is 2.57. The number of rotatable bonds is 1. The average molecular weight is 168 g/mol. The van der Waals surface area contributed by atoms with Crippen LogP contribution in [0.5, 0.6) is 0 Å². The van der Waals surface area contributed by atoms with Crippen LogP contribution in [0.3, 0.4) is 0 Å². The first-order chi connectivity index (χ1) is 5.57. The predicted molar refractivity (Wildman–Crippen MR) is 50.0 cm³/mol. The lowest BCUT2D eigenvalue weighted by Crippen LogP contribution is -2.64. The highest BCUT2D eigenvalue weighted by molar-refractivity contribution is 5.05. The third kappa shape index (κ3) is 0.891. The molecule has 1 aliphatic carbocycles. The molecule has 0 radical (unpaired) electrons. The summed E-state index contributed by atoms with van der Waals surface area (Å²) in [6, 6.07) is 0. The summed E-state index contributed by atoms with van der Waals surface area (Å²) < 4.78 is 5.86. The minimum atomic E-state index is 0.465. The number of ether oxygens (including phenoxy) is 1. The maximum Gasteiger partial charge on any atom is 0.0685 e. The van der Waals surface area contributed by atoms with Gasteiger partial charge in [0.05, 0.1) is 12.2 Å². The van der Waals surface area contributed by atoms with Crippen LogP contribution in [-0.4, -0.2) is 12.2 Å². The fourth-order valence-electron chi connectivity index (χ4n) is 3.08. The van der Waals surface area contributed by atoms with E-state index in [0.29, 0.717) is 17.6 Å². The molecule has 2 heterocycles. The second-order valence-corrected chi connectivity index (χ2v) is 5.15. The zero-order chi connectivity index (χ0) is 8.93. The standard InChI is InChI=1S/C11H20O/c1-5-8-7(2)6-9-11(3,4)10(8)12-9/h7-10H,5-6H2,1-4H3. The molecule has 3 rings (SSSR count). The van der Waals surface area contributed by atoms with E-state index < -0.39 is 0 Å². The van der Waals surface area contributed by atoms with Crippen molar-refractivity contribution in [3.05, 3.63) is 0 Å². The second kappa shape index (κ2) is 2.47. The number of fused-ring (bicyclic) bond motifs is 2. The third-order valence-electron chi connectivity index (χ3n) is 4.05. The van der Waals surface area contributed by atoms with Crippen molar-refractivity contribution >= 4 is 0 Å². The zero-order valence-corrected chi connectivity index (χ0v) is 8.63. The van der Waals surface area contributed by atoms with Crippen LogP contribution in [0.1, 0.15) is 40.5 Å². The molecule has 0 aromatic heterocycles. The Hall–Kier alpha value is -0.0400. The van der Waals surface area contributed by atoms with Gasteiger partial charge in [0, 0.05) is 5.41 Å². The average Bonchev–Trinajstić information content (AvgIpc) is 2.03. The van der Waals surface area contributed by atoms with Gasteiger partial charge < -0.3 is 4.74 Å². The van der Waals surface area contributed by atoms with Gasteiger partial charge in [0.2, 0.25) is 0 Å². The summed E-state index contributed by atoms with van der Waals surface area (Å²) in [4.78, 5) is 0. The van der Waals surface area contributed by atoms with E-state index in [9.17, 15) is 0 Å². The Morgan fingerprint density at radius 2 is 2.08 bits per heavy atom. The van der Waals surface area contributed by atoms with E-state index in [1.165, 1.54) is 12.8 Å². The van der Waals surface area contributed by atoms with Gasteiger partial charge in [0.15, 0.2) is 0 Å². The van der Waals surface area contributed by atoms with Crippen molar-refractivity contribution in [2.75, 3.05) is 0 Å². The van der Waals surface area contributed by atoms with Crippen LogP contribution in [0, 0.1) is 17.3 Å². The fraction of sp³-hybridized carbons (Fsp3) is 1.00. The lowest BCUT2D eigenvalue weighted by molar-refractivity contribution is -0.296. The topological polar surface area (TPSA) is 9.23 Å². The van der Waals surface area contributed by atoms with Gasteiger partial charge in [0.25, 0.3) is 0 Å². The molecular formula is C11H20O. The smallest absolute Gasteiger partial charge is 0.0685 e. The third-order valence-corrected chi connectivity index (χ3v) is 4.05. The van der Waals surface area contributed by atoms with Crippen LogP contribution < -0.4 is 0 Å². The summed E-state index contributed by atoms with van der Waals surface area (Å²) in [5.74, 6) is 1.69. The van der Waals surface area contributed by atoms with Gasteiger partial charge in [0.1, 0.15) is 0 Å². The van der Waals surface area contributed by atoms with E-state index in [4.69, 9.17) is 4.74 Å². The molecule has 2 bridgehead atoms. The molecule has 1 saturated carbocycles. The molecule has 1 nitrogen and oxygen atoms in total. The molecule has 2 saturated heterocycles. The van der Waals surface area contributed by atoms with E-state index in [0.717, 1.165) is 11.8 Å². The van der Waals surface area contributed by atoms with Crippen molar-refractivity contribution < 1.29 is 4.74 Å². The van der Waals surface area contributed by atoms with Gasteiger partial charge in [-0.2, -0.15) is 0 Å². The van der Waals surface area contributed by atoms with Crippen LogP contribution in [0.15, 0.2) is 0 Å². The first kappa shape index (κ1) is 8.55. The molecule has 3 aliphatic rings. The van der Waals surface area contributed by atoms with Crippen molar-refractivity contribution in [2.24, 2.45) is 17.3 Å². The highest BCUT2D eigenvalue weighted by Crippen LogP contribution is 2.54. The highest BCUT2D eigenvalue weighted by atomic mass is 16.5. The minimum Gasteiger partial charge on any atom is -0.373 e. The van der Waals surface area contributed by atoms with Crippen molar-refractivity contribution in [1.82, 2.24) is 0 Å². The number of hydrogen-bond acceptors (Lipinski definition) is 1. The largest absolute Gasteiger partial charge is 0.373 e. The van der Waals surface area contributed by atoms with Crippen LogP contribution in [-0.2, 0) is 4.74 Å². The van der Waals surface area contributed by atoms with Crippen LogP contribution in [0.4, 0.5) is 0 Å². The maximum absolute atomic E-state index is 5.86. The van der Waals surface area contributed by atoms with Gasteiger partial charge in [-0.15, -0.1) is 0 Å². The van der Waals surface area contributed by atoms with E-state index in [-0.39, 0.29) is 0 Å². The van der Waals surface area contributed by atoms with E-state index >= 15 is 0 Å². The molecular weight excluding hydrogens is 148 g/mol. The van der Waals surface area contributed by atoms with Gasteiger partial charge >= 0.3 is 0 Å². The monoisotopic (exact) mass is 168 g/mol. The van der Waals surface area contributed by atoms with Crippen molar-refractivity contribution in [3.8, 4) is 0 Å². The summed E-state index contributed by atoms with van der Waals surface area (Å²) in [6.45, 7) is 9.39. The van der Waals surface area contributed by atoms with E-state index in [2.05, 4.69) is 27.7 Å². The lowest BCUT2D eigenvalue weighted by Gasteiger charge is -2.61. The van der Waals surface area contributed by atoms with Gasteiger partial charge in [-0.3, -0.25) is 0 Å². The Kier molecular flexibility index (Phi) is 1.76. The molecule has 0 aromatic rings. The molecule has 4 atom stereocenters. The minimum absolute atomic E-state index is 0.465. The second-order valence-electron chi connectivity index (χ2n) is 5.15. The molecule has 4 unspecified atom stereocenters. The van der Waals surface area contributed by atoms with Crippen LogP contribution >= 0.6 is 0 Å². The van der Waals surface area contributed by atoms with Crippen molar-refractivity contribution in [2.45, 2.75) is 52.7 Å². The summed E-state index contributed by atoms with van der Waals surface area (Å²) in [5, 5.41) is 0. The number of hydrogen-bond donors (Lipinski definition) is 0. The van der Waals surface area contributed by atoms with Gasteiger partial charge in [-0.1, -0.05) is 34.1 Å². The van der Waals surface area contributed by atoms with E-state index in [1.54, 1.807) is 0 Å². The SMILES string of the molecule is CCC1C(C)CC2OC1C2(C)C. The molecule has 70 valence electrons. The van der Waals surface area contributed by atoms with Crippen molar-refractivity contribution in [3.63, 3.8) is 0 Å². The Bertz CT molecular complexity index is 185. The fourth-order valence-corrected chi connectivity index (χ4v) is 3.08. The molecule has 2 aliphatic heterocycles. The van der Waals surface area contributed by atoms with Gasteiger partial charge in [-0.25, -0.2) is 0 Å². The summed E-state index contributed by atoms with van der Waals surface area (Å²) in [6.07, 6.45) is 3.67. The Balaban J connectivity index is 2.15. The Morgan fingerprint density at radius 3 is 2.50 bits per heavy atom. The zero-order valence-electron chi connectivity index (χ0n) is 8.63. The Morgan fingerprint density at radius 1 is 1.42 bits per heavy atom. The normalized spacial score (nSPS) is 50.0. The summed E-state index contributed by atoms with van der Waals surface area (Å²) >= 11 is 0. The predicted octanol–water partition coefficient (Wildman–Crippen LogP) is 2.85. The van der Waals surface area contributed by atoms with Crippen LogP contribution in [0.2, 0.25) is 0 Å². The van der Waals surface area contributed by atoms with Crippen LogP contribution in [0.25, 0.3) is 0 Å². The molecule has 0 spiro atoms. The lowest BCUT2D eigenvalue weighted by atomic mass is 9.59. The van der Waals surface area contributed by atoms with E-state index in [1.807, 2.05) is 0 Å². The Labute approximate surface area is 75.5 Å². The quantitative estimate of drug-likeness (QED) is 0.585. The molecule has 0 amide bonds. The first-order valence-electron chi connectivity index (χ1n) is 5.22. The van der Waals surface area contributed by atoms with Crippen molar-refractivity contribution in [1.29, 1.82) is 0 Å². The molecule has 12 heavy (non-hydrogen) atoms. The summed E-state index contributed by atoms with van der Waals surface area (Å²) in [5.41, 5.74) is 0.465. The summed E-state index contributed by atoms with van der Waals surface area (Å²) in [7, 11) is 0. The first-order valence-corrected chi connectivity index (χ1v) is 5.22.